The van der Waals surface area contributed by atoms with Crippen LogP contribution in [0.5, 0.6) is 23.0 Å². The zero-order valence-electron chi connectivity index (χ0n) is 17.9. The second-order valence-corrected chi connectivity index (χ2v) is 7.03. The monoisotopic (exact) mass is 467 g/mol. The molecule has 2 aromatic carbocycles. The van der Waals surface area contributed by atoms with Gasteiger partial charge in [0.05, 0.1) is 24.9 Å². The number of primary amides is 1. The number of nitrogens with two attached hydrogens (primary N) is 1. The number of aliphatic hydroxyl groups is 1. The molecule has 3 N–H and O–H groups in total. The van der Waals surface area contributed by atoms with Crippen molar-refractivity contribution in [3.05, 3.63) is 72.1 Å². The summed E-state index contributed by atoms with van der Waals surface area (Å²) in [6.45, 7) is -0.0283. The van der Waals surface area contributed by atoms with E-state index in [1.807, 2.05) is 0 Å². The van der Waals surface area contributed by atoms with Crippen LogP contribution < -0.4 is 19.9 Å². The predicted molar refractivity (Wildman–Crippen MR) is 119 cm³/mol. The molecule has 0 radical (unpaired) electrons. The number of amides is 1. The number of ether oxygens (including phenoxy) is 3. The van der Waals surface area contributed by atoms with E-state index in [0.29, 0.717) is 16.7 Å². The third kappa shape index (κ3) is 4.44. The lowest BCUT2D eigenvalue weighted by atomic mass is 10.0. The second-order valence-electron chi connectivity index (χ2n) is 7.03. The van der Waals surface area contributed by atoms with Crippen LogP contribution in [0, 0.1) is 11.6 Å². The van der Waals surface area contributed by atoms with Gasteiger partial charge in [-0.2, -0.15) is 0 Å². The predicted octanol–water partition coefficient (Wildman–Crippen LogP) is 3.85. The SMILES string of the molecule is COc1ccnc(-c2cc(F)c(Oc3ccnc4cc(OCCO)ccc34)c(F)c2)c1C(N)=O. The van der Waals surface area contributed by atoms with E-state index in [0.717, 1.165) is 12.1 Å². The number of halogens is 2. The van der Waals surface area contributed by atoms with E-state index in [1.54, 1.807) is 18.2 Å². The van der Waals surface area contributed by atoms with Gasteiger partial charge in [0.15, 0.2) is 17.4 Å². The molecule has 0 atom stereocenters. The first-order valence-electron chi connectivity index (χ1n) is 10.1. The minimum Gasteiger partial charge on any atom is -0.496 e. The lowest BCUT2D eigenvalue weighted by molar-refractivity contribution is 0.0997. The summed E-state index contributed by atoms with van der Waals surface area (Å²) in [5.74, 6) is -2.74. The largest absolute Gasteiger partial charge is 0.496 e. The standard InChI is InChI=1S/C24H19F2N3O5/c1-32-20-5-7-29-22(21(20)24(27)31)13-10-16(25)23(17(26)11-13)34-19-4-6-28-18-12-14(33-9-8-30)2-3-15(18)19/h2-7,10-12,30H,8-9H2,1H3,(H2,27,31). The molecule has 0 unspecified atom stereocenters. The lowest BCUT2D eigenvalue weighted by Gasteiger charge is -2.14. The molecule has 8 nitrogen and oxygen atoms in total. The fraction of sp³-hybridized carbons (Fsp3) is 0.125. The van der Waals surface area contributed by atoms with Crippen LogP contribution in [0.4, 0.5) is 8.78 Å². The summed E-state index contributed by atoms with van der Waals surface area (Å²) >= 11 is 0. The molecule has 0 aliphatic carbocycles. The summed E-state index contributed by atoms with van der Waals surface area (Å²) in [6, 6.07) is 9.76. The lowest BCUT2D eigenvalue weighted by Crippen LogP contribution is -2.15. The number of hydrogen-bond acceptors (Lipinski definition) is 7. The van der Waals surface area contributed by atoms with Crippen molar-refractivity contribution in [1.29, 1.82) is 0 Å². The average molecular weight is 467 g/mol. The Hall–Kier alpha value is -4.31. The highest BCUT2D eigenvalue weighted by atomic mass is 19.1. The first kappa shape index (κ1) is 22.9. The number of fused-ring (bicyclic) bond motifs is 1. The highest BCUT2D eigenvalue weighted by Crippen LogP contribution is 2.36. The summed E-state index contributed by atoms with van der Waals surface area (Å²) in [4.78, 5) is 20.2. The van der Waals surface area contributed by atoms with Crippen LogP contribution in [-0.2, 0) is 0 Å². The number of rotatable bonds is 8. The molecule has 0 fully saturated rings. The van der Waals surface area contributed by atoms with Gasteiger partial charge < -0.3 is 25.1 Å². The zero-order chi connectivity index (χ0) is 24.2. The Morgan fingerprint density at radius 2 is 1.74 bits per heavy atom. The van der Waals surface area contributed by atoms with Crippen LogP contribution in [0.3, 0.4) is 0 Å². The Morgan fingerprint density at radius 1 is 1.03 bits per heavy atom. The summed E-state index contributed by atoms with van der Waals surface area (Å²) in [6.07, 6.45) is 2.76. The molecule has 2 heterocycles. The Morgan fingerprint density at radius 3 is 2.41 bits per heavy atom. The van der Waals surface area contributed by atoms with Gasteiger partial charge >= 0.3 is 0 Å². The number of hydrogen-bond donors (Lipinski definition) is 2. The van der Waals surface area contributed by atoms with E-state index in [2.05, 4.69) is 9.97 Å². The molecule has 0 aliphatic heterocycles. The molecule has 0 saturated heterocycles. The molecule has 0 aliphatic rings. The Kier molecular flexibility index (Phi) is 6.51. The second kappa shape index (κ2) is 9.67. The van der Waals surface area contributed by atoms with Gasteiger partial charge in [0.2, 0.25) is 0 Å². The number of methoxy groups -OCH3 is 1. The van der Waals surface area contributed by atoms with Gasteiger partial charge in [-0.25, -0.2) is 8.78 Å². The van der Waals surface area contributed by atoms with Gasteiger partial charge in [-0.05, 0) is 36.4 Å². The number of nitrogens with zero attached hydrogens (tertiary/aromatic N) is 2. The highest BCUT2D eigenvalue weighted by molar-refractivity contribution is 6.01. The van der Waals surface area contributed by atoms with Crippen LogP contribution in [-0.4, -0.2) is 41.3 Å². The molecule has 174 valence electrons. The summed E-state index contributed by atoms with van der Waals surface area (Å²) in [5, 5.41) is 9.39. The van der Waals surface area contributed by atoms with E-state index in [1.165, 1.54) is 31.6 Å². The van der Waals surface area contributed by atoms with Gasteiger partial charge in [0, 0.05) is 29.4 Å². The van der Waals surface area contributed by atoms with Crippen LogP contribution >= 0.6 is 0 Å². The first-order valence-corrected chi connectivity index (χ1v) is 10.1. The number of carbonyl (C=O) groups excluding carboxylic acids is 1. The van der Waals surface area contributed by atoms with Crippen molar-refractivity contribution in [3.8, 4) is 34.3 Å². The van der Waals surface area contributed by atoms with Gasteiger partial charge in [-0.15, -0.1) is 0 Å². The van der Waals surface area contributed by atoms with Crippen molar-refractivity contribution < 1.29 is 32.9 Å². The van der Waals surface area contributed by atoms with E-state index in [9.17, 15) is 4.79 Å². The summed E-state index contributed by atoms with van der Waals surface area (Å²) in [7, 11) is 1.34. The van der Waals surface area contributed by atoms with Crippen LogP contribution in [0.2, 0.25) is 0 Å². The van der Waals surface area contributed by atoms with Gasteiger partial charge in [0.1, 0.15) is 29.4 Å². The van der Waals surface area contributed by atoms with E-state index in [-0.39, 0.29) is 41.5 Å². The number of benzene rings is 2. The van der Waals surface area contributed by atoms with Gasteiger partial charge in [0.25, 0.3) is 5.91 Å². The minimum atomic E-state index is -1.01. The Bertz CT molecular complexity index is 1360. The number of pyridine rings is 2. The zero-order valence-corrected chi connectivity index (χ0v) is 17.9. The molecule has 34 heavy (non-hydrogen) atoms. The molecule has 0 saturated carbocycles. The summed E-state index contributed by atoms with van der Waals surface area (Å²) < 4.78 is 46.1. The van der Waals surface area contributed by atoms with E-state index in [4.69, 9.17) is 25.1 Å². The van der Waals surface area contributed by atoms with Crippen molar-refractivity contribution in [2.45, 2.75) is 0 Å². The van der Waals surface area contributed by atoms with Gasteiger partial charge in [-0.1, -0.05) is 0 Å². The smallest absolute Gasteiger partial charge is 0.254 e. The van der Waals surface area contributed by atoms with Crippen molar-refractivity contribution in [1.82, 2.24) is 9.97 Å². The first-order chi connectivity index (χ1) is 16.4. The normalized spacial score (nSPS) is 10.8. The van der Waals surface area contributed by atoms with E-state index < -0.39 is 23.3 Å². The molecular weight excluding hydrogens is 448 g/mol. The fourth-order valence-electron chi connectivity index (χ4n) is 3.42. The Balaban J connectivity index is 1.72. The van der Waals surface area contributed by atoms with E-state index >= 15 is 8.78 Å². The third-order valence-electron chi connectivity index (χ3n) is 4.90. The van der Waals surface area contributed by atoms with Crippen LogP contribution in [0.1, 0.15) is 10.4 Å². The van der Waals surface area contributed by atoms with Crippen molar-refractivity contribution in [2.75, 3.05) is 20.3 Å². The molecule has 2 aromatic heterocycles. The molecule has 10 heteroatoms. The molecule has 0 spiro atoms. The highest BCUT2D eigenvalue weighted by Gasteiger charge is 2.22. The number of aromatic nitrogens is 2. The molecule has 1 amide bonds. The molecule has 4 rings (SSSR count). The average Bonchev–Trinajstić information content (AvgIpc) is 2.84. The molecular formula is C24H19F2N3O5. The Labute approximate surface area is 192 Å². The van der Waals surface area contributed by atoms with Crippen molar-refractivity contribution in [2.24, 2.45) is 5.73 Å². The molecule has 4 aromatic rings. The van der Waals surface area contributed by atoms with Crippen LogP contribution in [0.15, 0.2) is 54.9 Å². The maximum atomic E-state index is 15.0. The maximum Gasteiger partial charge on any atom is 0.254 e. The quantitative estimate of drug-likeness (QED) is 0.404. The van der Waals surface area contributed by atoms with Crippen molar-refractivity contribution in [3.63, 3.8) is 0 Å². The number of carbonyl (C=O) groups is 1. The fourth-order valence-corrected chi connectivity index (χ4v) is 3.42. The number of aliphatic hydroxyl groups excluding tert-OH is 1. The maximum absolute atomic E-state index is 15.0. The van der Waals surface area contributed by atoms with Gasteiger partial charge in [-0.3, -0.25) is 14.8 Å². The topological polar surface area (TPSA) is 117 Å². The van der Waals surface area contributed by atoms with Crippen LogP contribution in [0.25, 0.3) is 22.2 Å². The van der Waals surface area contributed by atoms with Crippen molar-refractivity contribution >= 4 is 16.8 Å². The third-order valence-corrected chi connectivity index (χ3v) is 4.90. The summed E-state index contributed by atoms with van der Waals surface area (Å²) in [5.41, 5.74) is 5.76. The molecule has 0 bridgehead atoms. The minimum absolute atomic E-state index is 0.0136.